The molecule has 2 N–H and O–H groups in total. The predicted molar refractivity (Wildman–Crippen MR) is 103 cm³/mol. The van der Waals surface area contributed by atoms with Gasteiger partial charge in [0.25, 0.3) is 5.91 Å². The highest BCUT2D eigenvalue weighted by atomic mass is 35.5. The van der Waals surface area contributed by atoms with E-state index in [1.807, 2.05) is 19.1 Å². The van der Waals surface area contributed by atoms with Gasteiger partial charge < -0.3 is 15.0 Å². The van der Waals surface area contributed by atoms with Gasteiger partial charge in [-0.15, -0.1) is 11.3 Å². The van der Waals surface area contributed by atoms with Gasteiger partial charge in [0.2, 0.25) is 0 Å². The van der Waals surface area contributed by atoms with Crippen LogP contribution in [0, 0.1) is 6.92 Å². The molecule has 1 aliphatic rings. The number of hydrogen-bond acceptors (Lipinski definition) is 3. The normalized spacial score (nSPS) is 18.2. The minimum atomic E-state index is 0.0231. The number of benzene rings is 1. The van der Waals surface area contributed by atoms with E-state index < -0.39 is 0 Å². The average molecular weight is 380 g/mol. The molecule has 1 aliphatic heterocycles. The summed E-state index contributed by atoms with van der Waals surface area (Å²) in [6, 6.07) is 9.70. The number of quaternary nitrogens is 1. The zero-order valence-corrected chi connectivity index (χ0v) is 16.0. The molecule has 0 saturated carbocycles. The van der Waals surface area contributed by atoms with Crippen LogP contribution in [0.15, 0.2) is 35.7 Å². The standard InChI is InChI=1S/C19H23ClN2O2S/c1-14-10-15(20)6-7-18(14)21-19(23)13-22(11-16-4-2-8-24-16)12-17-5-3-9-25-17/h3,5-7,9-10,16H,2,4,8,11-13H2,1H3,(H,21,23)/p+1/t16-/m1/s1. The Labute approximate surface area is 157 Å². The average Bonchev–Trinajstić information content (AvgIpc) is 3.24. The first-order valence-electron chi connectivity index (χ1n) is 8.63. The van der Waals surface area contributed by atoms with Gasteiger partial charge in [0.1, 0.15) is 19.2 Å². The van der Waals surface area contributed by atoms with Crippen molar-refractivity contribution < 1.29 is 14.4 Å². The fraction of sp³-hybridized carbons (Fsp3) is 0.421. The molecule has 0 spiro atoms. The van der Waals surface area contributed by atoms with E-state index in [1.165, 1.54) is 9.78 Å². The molecular weight excluding hydrogens is 356 g/mol. The van der Waals surface area contributed by atoms with E-state index in [9.17, 15) is 4.79 Å². The van der Waals surface area contributed by atoms with Crippen LogP contribution in [-0.2, 0) is 16.1 Å². The molecule has 134 valence electrons. The van der Waals surface area contributed by atoms with Gasteiger partial charge >= 0.3 is 0 Å². The quantitative estimate of drug-likeness (QED) is 0.776. The fourth-order valence-corrected chi connectivity index (χ4v) is 4.19. The molecule has 0 bridgehead atoms. The molecule has 1 aromatic heterocycles. The molecule has 1 unspecified atom stereocenters. The number of carbonyl (C=O) groups excluding carboxylic acids is 1. The van der Waals surface area contributed by atoms with E-state index in [2.05, 4.69) is 22.8 Å². The highest BCUT2D eigenvalue weighted by Gasteiger charge is 2.24. The van der Waals surface area contributed by atoms with E-state index >= 15 is 0 Å². The number of aryl methyl sites for hydroxylation is 1. The third-order valence-corrected chi connectivity index (χ3v) is 5.53. The third kappa shape index (κ3) is 5.54. The van der Waals surface area contributed by atoms with Crippen molar-refractivity contribution in [2.45, 2.75) is 32.4 Å². The number of amides is 1. The van der Waals surface area contributed by atoms with Crippen LogP contribution in [0.1, 0.15) is 23.3 Å². The van der Waals surface area contributed by atoms with Crippen LogP contribution in [0.3, 0.4) is 0 Å². The van der Waals surface area contributed by atoms with Gasteiger partial charge in [-0.1, -0.05) is 17.7 Å². The smallest absolute Gasteiger partial charge is 0.279 e. The molecule has 1 saturated heterocycles. The molecule has 1 fully saturated rings. The fourth-order valence-electron chi connectivity index (χ4n) is 3.18. The first kappa shape index (κ1) is 18.4. The van der Waals surface area contributed by atoms with Crippen molar-refractivity contribution in [2.24, 2.45) is 0 Å². The monoisotopic (exact) mass is 379 g/mol. The van der Waals surface area contributed by atoms with Crippen LogP contribution in [0.5, 0.6) is 0 Å². The summed E-state index contributed by atoms with van der Waals surface area (Å²) in [5, 5.41) is 5.78. The Kier molecular flexibility index (Phi) is 6.48. The summed E-state index contributed by atoms with van der Waals surface area (Å²) in [5.41, 5.74) is 1.79. The number of anilines is 1. The summed E-state index contributed by atoms with van der Waals surface area (Å²) in [4.78, 5) is 15.1. The molecule has 2 heterocycles. The van der Waals surface area contributed by atoms with Crippen molar-refractivity contribution in [3.05, 3.63) is 51.2 Å². The van der Waals surface area contributed by atoms with Gasteiger partial charge in [0, 0.05) is 17.3 Å². The van der Waals surface area contributed by atoms with E-state index in [1.54, 1.807) is 17.4 Å². The highest BCUT2D eigenvalue weighted by molar-refractivity contribution is 7.09. The predicted octanol–water partition coefficient (Wildman–Crippen LogP) is 2.91. The number of nitrogens with one attached hydrogen (secondary N) is 2. The van der Waals surface area contributed by atoms with Crippen LogP contribution in [0.4, 0.5) is 5.69 Å². The maximum Gasteiger partial charge on any atom is 0.279 e. The van der Waals surface area contributed by atoms with Crippen LogP contribution >= 0.6 is 22.9 Å². The lowest BCUT2D eigenvalue weighted by atomic mass is 10.2. The zero-order valence-electron chi connectivity index (χ0n) is 14.4. The zero-order chi connectivity index (χ0) is 17.6. The Bertz CT molecular complexity index is 699. The van der Waals surface area contributed by atoms with Crippen molar-refractivity contribution in [1.29, 1.82) is 0 Å². The summed E-state index contributed by atoms with van der Waals surface area (Å²) >= 11 is 7.72. The number of hydrogen-bond donors (Lipinski definition) is 2. The van der Waals surface area contributed by atoms with Crippen molar-refractivity contribution in [1.82, 2.24) is 0 Å². The van der Waals surface area contributed by atoms with Gasteiger partial charge in [0.15, 0.2) is 6.54 Å². The topological polar surface area (TPSA) is 42.8 Å². The van der Waals surface area contributed by atoms with Gasteiger partial charge in [-0.05, 0) is 55.0 Å². The number of thiophene rings is 1. The number of rotatable bonds is 7. The van der Waals surface area contributed by atoms with Crippen LogP contribution in [-0.4, -0.2) is 31.7 Å². The van der Waals surface area contributed by atoms with Crippen LogP contribution in [0.2, 0.25) is 5.02 Å². The minimum absolute atomic E-state index is 0.0231. The molecule has 1 amide bonds. The largest absolute Gasteiger partial charge is 0.372 e. The van der Waals surface area contributed by atoms with Crippen LogP contribution < -0.4 is 10.2 Å². The van der Waals surface area contributed by atoms with Gasteiger partial charge in [-0.3, -0.25) is 4.79 Å². The number of halogens is 1. The molecule has 25 heavy (non-hydrogen) atoms. The first-order valence-corrected chi connectivity index (χ1v) is 9.89. The Balaban J connectivity index is 1.62. The Morgan fingerprint density at radius 1 is 1.44 bits per heavy atom. The minimum Gasteiger partial charge on any atom is -0.372 e. The summed E-state index contributed by atoms with van der Waals surface area (Å²) in [6.45, 7) is 4.94. The van der Waals surface area contributed by atoms with Crippen molar-refractivity contribution >= 4 is 34.5 Å². The Morgan fingerprint density at radius 2 is 2.32 bits per heavy atom. The molecule has 1 aromatic carbocycles. The SMILES string of the molecule is Cc1cc(Cl)ccc1NC(=O)C[NH+](Cc1cccs1)C[C@H]1CCCO1. The van der Waals surface area contributed by atoms with Crippen molar-refractivity contribution in [2.75, 3.05) is 25.0 Å². The van der Waals surface area contributed by atoms with E-state index in [-0.39, 0.29) is 12.0 Å². The molecule has 4 nitrogen and oxygen atoms in total. The summed E-state index contributed by atoms with van der Waals surface area (Å²) in [7, 11) is 0. The lowest BCUT2D eigenvalue weighted by molar-refractivity contribution is -0.908. The van der Waals surface area contributed by atoms with Gasteiger partial charge in [-0.25, -0.2) is 0 Å². The van der Waals surface area contributed by atoms with Gasteiger partial charge in [0.05, 0.1) is 4.88 Å². The van der Waals surface area contributed by atoms with Crippen LogP contribution in [0.25, 0.3) is 0 Å². The summed E-state index contributed by atoms with van der Waals surface area (Å²) in [5.74, 6) is 0.0231. The Morgan fingerprint density at radius 3 is 3.00 bits per heavy atom. The maximum atomic E-state index is 12.6. The van der Waals surface area contributed by atoms with E-state index in [0.717, 1.165) is 43.8 Å². The second-order valence-corrected chi connectivity index (χ2v) is 8.00. The molecule has 2 atom stereocenters. The molecule has 2 aromatic rings. The van der Waals surface area contributed by atoms with Gasteiger partial charge in [-0.2, -0.15) is 0 Å². The molecule has 6 heteroatoms. The van der Waals surface area contributed by atoms with E-state index in [4.69, 9.17) is 16.3 Å². The van der Waals surface area contributed by atoms with Crippen molar-refractivity contribution in [3.63, 3.8) is 0 Å². The highest BCUT2D eigenvalue weighted by Crippen LogP contribution is 2.19. The summed E-state index contributed by atoms with van der Waals surface area (Å²) < 4.78 is 5.77. The molecule has 0 radical (unpaired) electrons. The third-order valence-electron chi connectivity index (χ3n) is 4.42. The molecule has 3 rings (SSSR count). The second kappa shape index (κ2) is 8.81. The molecular formula is C19H24ClN2O2S+. The maximum absolute atomic E-state index is 12.6. The van der Waals surface area contributed by atoms with Crippen molar-refractivity contribution in [3.8, 4) is 0 Å². The number of carbonyl (C=O) groups is 1. The second-order valence-electron chi connectivity index (χ2n) is 6.53. The Hall–Kier alpha value is -1.40. The summed E-state index contributed by atoms with van der Waals surface area (Å²) in [6.07, 6.45) is 2.47. The lowest BCUT2D eigenvalue weighted by Crippen LogP contribution is -3.12. The first-order chi connectivity index (χ1) is 12.1. The van der Waals surface area contributed by atoms with E-state index in [0.29, 0.717) is 11.6 Å². The number of ether oxygens (including phenoxy) is 1. The molecule has 0 aliphatic carbocycles. The lowest BCUT2D eigenvalue weighted by Gasteiger charge is -2.21.